The van der Waals surface area contributed by atoms with E-state index >= 15 is 0 Å². The monoisotopic (exact) mass is 236 g/mol. The Labute approximate surface area is 101 Å². The molecule has 1 aromatic heterocycles. The molecule has 0 radical (unpaired) electrons. The van der Waals surface area contributed by atoms with E-state index in [-0.39, 0.29) is 5.60 Å². The van der Waals surface area contributed by atoms with Gasteiger partial charge < -0.3 is 15.0 Å². The molecule has 2 aliphatic rings. The zero-order valence-electron chi connectivity index (χ0n) is 10.4. The van der Waals surface area contributed by atoms with E-state index in [0.29, 0.717) is 12.6 Å². The highest BCUT2D eigenvalue weighted by molar-refractivity contribution is 5.07. The first kappa shape index (κ1) is 11.2. The van der Waals surface area contributed by atoms with Crippen molar-refractivity contribution in [1.29, 1.82) is 0 Å². The predicted molar refractivity (Wildman–Crippen MR) is 63.5 cm³/mol. The van der Waals surface area contributed by atoms with Crippen molar-refractivity contribution in [2.75, 3.05) is 7.11 Å². The molecule has 3 rings (SSSR count). The molecule has 1 heterocycles. The lowest BCUT2D eigenvalue weighted by Gasteiger charge is -2.40. The van der Waals surface area contributed by atoms with E-state index < -0.39 is 0 Å². The summed E-state index contributed by atoms with van der Waals surface area (Å²) in [4.78, 5) is 0. The van der Waals surface area contributed by atoms with Gasteiger partial charge in [0.25, 0.3) is 0 Å². The molecule has 0 saturated heterocycles. The minimum atomic E-state index is 0.0194. The SMILES string of the molecule is COC1(Cc2nnc(CN)n2C2CC2)CCC1. The van der Waals surface area contributed by atoms with Crippen LogP contribution in [0.2, 0.25) is 0 Å². The van der Waals surface area contributed by atoms with Crippen molar-refractivity contribution in [1.82, 2.24) is 14.8 Å². The maximum absolute atomic E-state index is 5.72. The summed E-state index contributed by atoms with van der Waals surface area (Å²) in [6.07, 6.45) is 6.89. The molecule has 0 unspecified atom stereocenters. The first-order valence-corrected chi connectivity index (χ1v) is 6.46. The number of rotatable bonds is 5. The third-order valence-corrected chi connectivity index (χ3v) is 4.11. The summed E-state index contributed by atoms with van der Waals surface area (Å²) in [5, 5.41) is 8.52. The zero-order chi connectivity index (χ0) is 11.9. The van der Waals surface area contributed by atoms with Crippen molar-refractivity contribution in [3.05, 3.63) is 11.6 Å². The Morgan fingerprint density at radius 1 is 1.35 bits per heavy atom. The third-order valence-electron chi connectivity index (χ3n) is 4.11. The molecule has 0 spiro atoms. The third kappa shape index (κ3) is 1.87. The standard InChI is InChI=1S/C12H20N4O/c1-17-12(5-2-6-12)7-10-14-15-11(8-13)16(10)9-3-4-9/h9H,2-8,13H2,1H3. The van der Waals surface area contributed by atoms with Crippen LogP contribution in [-0.4, -0.2) is 27.5 Å². The molecular weight excluding hydrogens is 216 g/mol. The molecular formula is C12H20N4O. The van der Waals surface area contributed by atoms with E-state index in [9.17, 15) is 0 Å². The molecule has 5 nitrogen and oxygen atoms in total. The van der Waals surface area contributed by atoms with E-state index in [4.69, 9.17) is 10.5 Å². The summed E-state index contributed by atoms with van der Waals surface area (Å²) in [6.45, 7) is 0.476. The van der Waals surface area contributed by atoms with E-state index in [2.05, 4.69) is 14.8 Å². The average Bonchev–Trinajstić information content (AvgIpc) is 3.05. The van der Waals surface area contributed by atoms with Gasteiger partial charge in [-0.3, -0.25) is 0 Å². The maximum Gasteiger partial charge on any atom is 0.147 e. The smallest absolute Gasteiger partial charge is 0.147 e. The second kappa shape index (κ2) is 4.07. The molecule has 17 heavy (non-hydrogen) atoms. The lowest BCUT2D eigenvalue weighted by atomic mass is 9.77. The van der Waals surface area contributed by atoms with Gasteiger partial charge >= 0.3 is 0 Å². The van der Waals surface area contributed by atoms with Gasteiger partial charge in [0.2, 0.25) is 0 Å². The molecule has 0 atom stereocenters. The topological polar surface area (TPSA) is 66.0 Å². The van der Waals surface area contributed by atoms with Gasteiger partial charge in [0, 0.05) is 19.6 Å². The maximum atomic E-state index is 5.72. The fourth-order valence-electron chi connectivity index (χ4n) is 2.69. The largest absolute Gasteiger partial charge is 0.378 e. The lowest BCUT2D eigenvalue weighted by molar-refractivity contribution is -0.0726. The Hall–Kier alpha value is -0.940. The summed E-state index contributed by atoms with van der Waals surface area (Å²) < 4.78 is 7.91. The van der Waals surface area contributed by atoms with Crippen LogP contribution in [0.25, 0.3) is 0 Å². The van der Waals surface area contributed by atoms with Crippen LogP contribution in [0.15, 0.2) is 0 Å². The molecule has 1 aromatic rings. The highest BCUT2D eigenvalue weighted by Gasteiger charge is 2.40. The van der Waals surface area contributed by atoms with Crippen LogP contribution in [0.4, 0.5) is 0 Å². The Bertz CT molecular complexity index is 401. The van der Waals surface area contributed by atoms with Crippen molar-refractivity contribution in [3.63, 3.8) is 0 Å². The van der Waals surface area contributed by atoms with Crippen LogP contribution in [0.5, 0.6) is 0 Å². The van der Waals surface area contributed by atoms with Crippen LogP contribution in [0, 0.1) is 0 Å². The fourth-order valence-corrected chi connectivity index (χ4v) is 2.69. The molecule has 2 aliphatic carbocycles. The van der Waals surface area contributed by atoms with Gasteiger partial charge in [0.05, 0.1) is 12.1 Å². The summed E-state index contributed by atoms with van der Waals surface area (Å²) in [7, 11) is 1.81. The normalized spacial score (nSPS) is 22.5. The molecule has 0 amide bonds. The first-order chi connectivity index (χ1) is 8.28. The molecule has 0 aromatic carbocycles. The fraction of sp³-hybridized carbons (Fsp3) is 0.833. The van der Waals surface area contributed by atoms with Crippen LogP contribution in [0.1, 0.15) is 49.8 Å². The van der Waals surface area contributed by atoms with Gasteiger partial charge in [-0.25, -0.2) is 0 Å². The average molecular weight is 236 g/mol. The van der Waals surface area contributed by atoms with Gasteiger partial charge in [0.15, 0.2) is 0 Å². The Kier molecular flexibility index (Phi) is 2.67. The van der Waals surface area contributed by atoms with Crippen LogP contribution in [-0.2, 0) is 17.7 Å². The zero-order valence-corrected chi connectivity index (χ0v) is 10.4. The van der Waals surface area contributed by atoms with E-state index in [1.54, 1.807) is 7.11 Å². The second-order valence-corrected chi connectivity index (χ2v) is 5.26. The van der Waals surface area contributed by atoms with Gasteiger partial charge in [-0.2, -0.15) is 0 Å². The van der Waals surface area contributed by atoms with Crippen molar-refractivity contribution < 1.29 is 4.74 Å². The molecule has 2 fully saturated rings. The predicted octanol–water partition coefficient (Wildman–Crippen LogP) is 1.18. The highest BCUT2D eigenvalue weighted by Crippen LogP contribution is 2.41. The van der Waals surface area contributed by atoms with Gasteiger partial charge in [-0.05, 0) is 32.1 Å². The molecule has 2 N–H and O–H groups in total. The van der Waals surface area contributed by atoms with Crippen molar-refractivity contribution in [2.24, 2.45) is 5.73 Å². The Morgan fingerprint density at radius 2 is 2.06 bits per heavy atom. The second-order valence-electron chi connectivity index (χ2n) is 5.26. The van der Waals surface area contributed by atoms with Crippen LogP contribution >= 0.6 is 0 Å². The Morgan fingerprint density at radius 3 is 2.53 bits per heavy atom. The number of hydrogen-bond acceptors (Lipinski definition) is 4. The summed E-state index contributed by atoms with van der Waals surface area (Å²) in [6, 6.07) is 0.590. The number of aromatic nitrogens is 3. The minimum Gasteiger partial charge on any atom is -0.378 e. The number of ether oxygens (including phenoxy) is 1. The van der Waals surface area contributed by atoms with Gasteiger partial charge in [-0.15, -0.1) is 10.2 Å². The van der Waals surface area contributed by atoms with Crippen molar-refractivity contribution in [2.45, 2.75) is 56.7 Å². The van der Waals surface area contributed by atoms with Gasteiger partial charge in [-0.1, -0.05) is 0 Å². The number of nitrogens with zero attached hydrogens (tertiary/aromatic N) is 3. The highest BCUT2D eigenvalue weighted by atomic mass is 16.5. The summed E-state index contributed by atoms with van der Waals surface area (Å²) in [5.74, 6) is 1.99. The Balaban J connectivity index is 1.84. The van der Waals surface area contributed by atoms with Crippen molar-refractivity contribution in [3.8, 4) is 0 Å². The molecule has 2 saturated carbocycles. The number of nitrogens with two attached hydrogens (primary N) is 1. The molecule has 5 heteroatoms. The van der Waals surface area contributed by atoms with Gasteiger partial charge in [0.1, 0.15) is 11.6 Å². The molecule has 94 valence electrons. The van der Waals surface area contributed by atoms with E-state index in [1.807, 2.05) is 0 Å². The van der Waals surface area contributed by atoms with Crippen LogP contribution < -0.4 is 5.73 Å². The molecule has 0 bridgehead atoms. The van der Waals surface area contributed by atoms with E-state index in [0.717, 1.165) is 30.9 Å². The van der Waals surface area contributed by atoms with E-state index in [1.165, 1.54) is 19.3 Å². The van der Waals surface area contributed by atoms with Crippen molar-refractivity contribution >= 4 is 0 Å². The summed E-state index contributed by atoms with van der Waals surface area (Å²) in [5.41, 5.74) is 5.74. The quantitative estimate of drug-likeness (QED) is 0.833. The minimum absolute atomic E-state index is 0.0194. The number of hydrogen-bond donors (Lipinski definition) is 1. The van der Waals surface area contributed by atoms with Crippen LogP contribution in [0.3, 0.4) is 0 Å². The first-order valence-electron chi connectivity index (χ1n) is 6.46. The molecule has 0 aliphatic heterocycles. The summed E-state index contributed by atoms with van der Waals surface area (Å²) >= 11 is 0. The number of methoxy groups -OCH3 is 1. The lowest BCUT2D eigenvalue weighted by Crippen LogP contribution is -2.42.